The second-order valence-corrected chi connectivity index (χ2v) is 7.56. The summed E-state index contributed by atoms with van der Waals surface area (Å²) in [5.74, 6) is -0.600. The first-order chi connectivity index (χ1) is 12.6. The Morgan fingerprint density at radius 2 is 1.50 bits per heavy atom. The van der Waals surface area contributed by atoms with E-state index in [9.17, 15) is 9.59 Å². The van der Waals surface area contributed by atoms with Crippen molar-refractivity contribution in [2.45, 2.75) is 18.4 Å². The number of aromatic nitrogens is 1. The van der Waals surface area contributed by atoms with Gasteiger partial charge in [0.05, 0.1) is 28.0 Å². The number of amides is 2. The van der Waals surface area contributed by atoms with E-state index in [1.807, 2.05) is 23.6 Å². The molecule has 2 aromatic carbocycles. The van der Waals surface area contributed by atoms with Crippen molar-refractivity contribution in [2.24, 2.45) is 5.73 Å². The standard InChI is InChI=1S/C20H15N3O2S/c21-20(9-10-20)19-22-15(11-26-19)14-7-3-4-8-16(14)23-17(24)12-5-1-2-6-13(12)18(23)25/h1-8,11H,9-10,21H2. The summed E-state index contributed by atoms with van der Waals surface area (Å²) in [4.78, 5) is 31.6. The molecule has 1 fully saturated rings. The average Bonchev–Trinajstić information content (AvgIpc) is 3.13. The first-order valence-corrected chi connectivity index (χ1v) is 9.28. The van der Waals surface area contributed by atoms with Crippen LogP contribution in [0.4, 0.5) is 5.69 Å². The number of nitrogens with zero attached hydrogens (tertiary/aromatic N) is 2. The molecule has 3 aromatic rings. The summed E-state index contributed by atoms with van der Waals surface area (Å²) < 4.78 is 0. The lowest BCUT2D eigenvalue weighted by Crippen LogP contribution is -2.29. The molecule has 0 atom stereocenters. The third-order valence-electron chi connectivity index (χ3n) is 4.93. The summed E-state index contributed by atoms with van der Waals surface area (Å²) in [5, 5.41) is 2.85. The number of benzene rings is 2. The molecule has 2 amide bonds. The van der Waals surface area contributed by atoms with E-state index >= 15 is 0 Å². The van der Waals surface area contributed by atoms with Crippen LogP contribution in [0.25, 0.3) is 11.3 Å². The molecule has 0 unspecified atom stereocenters. The first-order valence-electron chi connectivity index (χ1n) is 8.41. The van der Waals surface area contributed by atoms with Crippen molar-refractivity contribution in [3.63, 3.8) is 0 Å². The maximum Gasteiger partial charge on any atom is 0.266 e. The minimum atomic E-state index is -0.300. The van der Waals surface area contributed by atoms with Crippen LogP contribution in [-0.2, 0) is 5.54 Å². The van der Waals surface area contributed by atoms with Gasteiger partial charge in [0.15, 0.2) is 0 Å². The van der Waals surface area contributed by atoms with Gasteiger partial charge >= 0.3 is 0 Å². The average molecular weight is 361 g/mol. The van der Waals surface area contributed by atoms with E-state index in [-0.39, 0.29) is 17.4 Å². The summed E-state index contributed by atoms with van der Waals surface area (Å²) in [6, 6.07) is 14.3. The number of thiazole rings is 1. The number of carbonyl (C=O) groups excluding carboxylic acids is 2. The van der Waals surface area contributed by atoms with Gasteiger partial charge in [0.2, 0.25) is 0 Å². The summed E-state index contributed by atoms with van der Waals surface area (Å²) in [5.41, 5.74) is 8.88. The topological polar surface area (TPSA) is 76.3 Å². The molecule has 1 aliphatic heterocycles. The molecule has 2 N–H and O–H groups in total. The minimum absolute atomic E-state index is 0.298. The fraction of sp³-hybridized carbons (Fsp3) is 0.150. The molecule has 0 spiro atoms. The van der Waals surface area contributed by atoms with Gasteiger partial charge in [-0.3, -0.25) is 9.59 Å². The van der Waals surface area contributed by atoms with Crippen LogP contribution in [0.15, 0.2) is 53.9 Å². The van der Waals surface area contributed by atoms with E-state index in [0.29, 0.717) is 16.8 Å². The van der Waals surface area contributed by atoms with Gasteiger partial charge in [-0.1, -0.05) is 30.3 Å². The maximum absolute atomic E-state index is 12.8. The molecule has 1 saturated carbocycles. The van der Waals surface area contributed by atoms with Gasteiger partial charge in [-0.15, -0.1) is 11.3 Å². The highest BCUT2D eigenvalue weighted by Gasteiger charge is 2.43. The van der Waals surface area contributed by atoms with Crippen LogP contribution in [0.2, 0.25) is 0 Å². The van der Waals surface area contributed by atoms with E-state index in [0.717, 1.165) is 29.1 Å². The molecule has 5 nitrogen and oxygen atoms in total. The molecule has 1 aromatic heterocycles. The van der Waals surface area contributed by atoms with Gasteiger partial charge in [-0.25, -0.2) is 9.88 Å². The molecule has 0 radical (unpaired) electrons. The van der Waals surface area contributed by atoms with E-state index in [4.69, 9.17) is 5.73 Å². The summed E-state index contributed by atoms with van der Waals surface area (Å²) in [6.07, 6.45) is 1.89. The van der Waals surface area contributed by atoms with Crippen LogP contribution >= 0.6 is 11.3 Å². The minimum Gasteiger partial charge on any atom is -0.319 e. The van der Waals surface area contributed by atoms with Crippen LogP contribution in [0.1, 0.15) is 38.6 Å². The third kappa shape index (κ3) is 2.16. The molecule has 0 saturated heterocycles. The second kappa shape index (κ2) is 5.33. The lowest BCUT2D eigenvalue weighted by atomic mass is 10.1. The van der Waals surface area contributed by atoms with Crippen molar-refractivity contribution >= 4 is 28.8 Å². The lowest BCUT2D eigenvalue weighted by Gasteiger charge is -2.17. The number of imide groups is 1. The SMILES string of the molecule is NC1(c2nc(-c3ccccc3N3C(=O)c4ccccc4C3=O)cs2)CC1. The molecule has 6 heteroatoms. The number of anilines is 1. The molecule has 5 rings (SSSR count). The fourth-order valence-corrected chi connectivity index (χ4v) is 4.26. The Labute approximate surface area is 154 Å². The van der Waals surface area contributed by atoms with Gasteiger partial charge in [0.1, 0.15) is 5.01 Å². The molecule has 2 heterocycles. The number of hydrogen-bond donors (Lipinski definition) is 1. The number of rotatable bonds is 3. The van der Waals surface area contributed by atoms with E-state index in [1.54, 1.807) is 30.3 Å². The highest BCUT2D eigenvalue weighted by Crippen LogP contribution is 2.45. The number of carbonyl (C=O) groups is 2. The predicted octanol–water partition coefficient (Wildman–Crippen LogP) is 3.56. The Balaban J connectivity index is 1.61. The number of para-hydroxylation sites is 1. The summed E-state index contributed by atoms with van der Waals surface area (Å²) in [6.45, 7) is 0. The Morgan fingerprint density at radius 3 is 2.12 bits per heavy atom. The molecule has 26 heavy (non-hydrogen) atoms. The first kappa shape index (κ1) is 15.4. The highest BCUT2D eigenvalue weighted by atomic mass is 32.1. The smallest absolute Gasteiger partial charge is 0.266 e. The molecule has 1 aliphatic carbocycles. The van der Waals surface area contributed by atoms with Crippen LogP contribution in [0, 0.1) is 0 Å². The van der Waals surface area contributed by atoms with E-state index in [2.05, 4.69) is 4.98 Å². The summed E-state index contributed by atoms with van der Waals surface area (Å²) in [7, 11) is 0. The molecule has 2 aliphatic rings. The Kier molecular flexibility index (Phi) is 3.16. The summed E-state index contributed by atoms with van der Waals surface area (Å²) >= 11 is 1.53. The zero-order valence-corrected chi connectivity index (χ0v) is 14.6. The largest absolute Gasteiger partial charge is 0.319 e. The maximum atomic E-state index is 12.8. The van der Waals surface area contributed by atoms with Crippen molar-refractivity contribution in [1.82, 2.24) is 4.98 Å². The zero-order chi connectivity index (χ0) is 17.9. The lowest BCUT2D eigenvalue weighted by molar-refractivity contribution is 0.0926. The van der Waals surface area contributed by atoms with Crippen LogP contribution in [0.3, 0.4) is 0 Å². The molecule has 0 bridgehead atoms. The Hall–Kier alpha value is -2.83. The Bertz CT molecular complexity index is 1030. The van der Waals surface area contributed by atoms with Gasteiger partial charge in [0.25, 0.3) is 11.8 Å². The van der Waals surface area contributed by atoms with Gasteiger partial charge < -0.3 is 5.73 Å². The quantitative estimate of drug-likeness (QED) is 0.724. The highest BCUT2D eigenvalue weighted by molar-refractivity contribution is 7.10. The normalized spacial score (nSPS) is 17.5. The molecular formula is C20H15N3O2S. The number of fused-ring (bicyclic) bond motifs is 1. The van der Waals surface area contributed by atoms with Crippen molar-refractivity contribution in [1.29, 1.82) is 0 Å². The second-order valence-electron chi connectivity index (χ2n) is 6.70. The van der Waals surface area contributed by atoms with Gasteiger partial charge in [-0.2, -0.15) is 0 Å². The van der Waals surface area contributed by atoms with E-state index in [1.165, 1.54) is 16.2 Å². The van der Waals surface area contributed by atoms with Crippen LogP contribution in [0.5, 0.6) is 0 Å². The number of hydrogen-bond acceptors (Lipinski definition) is 5. The number of nitrogens with two attached hydrogens (primary N) is 1. The zero-order valence-electron chi connectivity index (χ0n) is 13.8. The Morgan fingerprint density at radius 1 is 0.923 bits per heavy atom. The van der Waals surface area contributed by atoms with E-state index < -0.39 is 0 Å². The van der Waals surface area contributed by atoms with Crippen molar-refractivity contribution < 1.29 is 9.59 Å². The van der Waals surface area contributed by atoms with Gasteiger partial charge in [-0.05, 0) is 31.0 Å². The van der Waals surface area contributed by atoms with Crippen LogP contribution < -0.4 is 10.6 Å². The van der Waals surface area contributed by atoms with Crippen molar-refractivity contribution in [3.8, 4) is 11.3 Å². The van der Waals surface area contributed by atoms with Gasteiger partial charge in [0, 0.05) is 10.9 Å². The third-order valence-corrected chi connectivity index (χ3v) is 6.00. The van der Waals surface area contributed by atoms with Crippen molar-refractivity contribution in [2.75, 3.05) is 4.90 Å². The predicted molar refractivity (Wildman–Crippen MR) is 100 cm³/mol. The fourth-order valence-electron chi connectivity index (χ4n) is 3.27. The van der Waals surface area contributed by atoms with Crippen LogP contribution in [-0.4, -0.2) is 16.8 Å². The molecular weight excluding hydrogens is 346 g/mol. The van der Waals surface area contributed by atoms with Crippen molar-refractivity contribution in [3.05, 3.63) is 70.0 Å². The monoisotopic (exact) mass is 361 g/mol. The molecule has 128 valence electrons.